The summed E-state index contributed by atoms with van der Waals surface area (Å²) < 4.78 is 42.6. The maximum atomic E-state index is 11.5. The van der Waals surface area contributed by atoms with Crippen LogP contribution in [0.3, 0.4) is 0 Å². The molecular formula is C14H19BN2O5S. The number of nitrogens with zero attached hydrogens (tertiary/aromatic N) is 1. The summed E-state index contributed by atoms with van der Waals surface area (Å²) in [4.78, 5) is 4.14. The maximum absolute atomic E-state index is 11.5. The number of rotatable bonds is 4. The Bertz CT molecular complexity index is 764. The van der Waals surface area contributed by atoms with E-state index in [2.05, 4.69) is 9.71 Å². The van der Waals surface area contributed by atoms with E-state index in [4.69, 9.17) is 14.0 Å². The molecule has 1 aliphatic heterocycles. The van der Waals surface area contributed by atoms with Crippen LogP contribution in [0.5, 0.6) is 5.88 Å². The van der Waals surface area contributed by atoms with Gasteiger partial charge in [-0.05, 0) is 26.3 Å². The van der Waals surface area contributed by atoms with E-state index < -0.39 is 28.3 Å². The second-order valence-corrected chi connectivity index (χ2v) is 8.02. The van der Waals surface area contributed by atoms with Gasteiger partial charge in [0.2, 0.25) is 15.9 Å². The van der Waals surface area contributed by atoms with Crippen molar-refractivity contribution in [3.8, 4) is 5.88 Å². The molecule has 1 aromatic rings. The molecule has 0 bridgehead atoms. The van der Waals surface area contributed by atoms with Gasteiger partial charge in [0.1, 0.15) is 11.3 Å². The molecule has 1 spiro atoms. The molecule has 124 valence electrons. The predicted molar refractivity (Wildman–Crippen MR) is 87.4 cm³/mol. The first-order valence-electron chi connectivity index (χ1n) is 7.21. The van der Waals surface area contributed by atoms with Crippen molar-refractivity contribution >= 4 is 28.3 Å². The molecule has 0 saturated carbocycles. The van der Waals surface area contributed by atoms with Crippen molar-refractivity contribution < 1.29 is 22.5 Å². The van der Waals surface area contributed by atoms with Crippen LogP contribution in [0, 0.1) is 0 Å². The largest absolute Gasteiger partial charge is 0.496 e. The second kappa shape index (κ2) is 5.22. The first kappa shape index (κ1) is 16.3. The molecule has 1 aliphatic carbocycles. The van der Waals surface area contributed by atoms with Crippen molar-refractivity contribution in [1.82, 2.24) is 4.98 Å². The molecule has 1 unspecified atom stereocenters. The summed E-state index contributed by atoms with van der Waals surface area (Å²) in [7, 11) is -2.64. The predicted octanol–water partition coefficient (Wildman–Crippen LogP) is 0.681. The molecule has 1 atom stereocenters. The number of nitrogens with one attached hydrogen (secondary N) is 1. The fourth-order valence-electron chi connectivity index (χ4n) is 2.76. The fraction of sp³-hybridized carbons (Fsp3) is 0.500. The van der Waals surface area contributed by atoms with Gasteiger partial charge in [0.05, 0.1) is 19.0 Å². The molecule has 0 aromatic carbocycles. The third-order valence-electron chi connectivity index (χ3n) is 4.18. The third-order valence-corrected chi connectivity index (χ3v) is 4.77. The lowest BCUT2D eigenvalue weighted by Gasteiger charge is -2.41. The first-order chi connectivity index (χ1) is 10.7. The summed E-state index contributed by atoms with van der Waals surface area (Å²) in [6.45, 7) is 3.95. The monoisotopic (exact) mass is 338 g/mol. The van der Waals surface area contributed by atoms with Gasteiger partial charge >= 0.3 is 7.12 Å². The van der Waals surface area contributed by atoms with E-state index >= 15 is 0 Å². The van der Waals surface area contributed by atoms with Crippen LogP contribution >= 0.6 is 0 Å². The molecule has 7 nitrogen and oxygen atoms in total. The molecule has 2 heterocycles. The molecular weight excluding hydrogens is 319 g/mol. The number of pyridine rings is 1. The van der Waals surface area contributed by atoms with Crippen molar-refractivity contribution in [2.45, 2.75) is 31.5 Å². The van der Waals surface area contributed by atoms with Crippen LogP contribution in [0.1, 0.15) is 20.3 Å². The van der Waals surface area contributed by atoms with Gasteiger partial charge in [0.25, 0.3) is 0 Å². The van der Waals surface area contributed by atoms with Crippen LogP contribution in [-0.4, -0.2) is 45.1 Å². The van der Waals surface area contributed by atoms with E-state index in [0.29, 0.717) is 5.46 Å². The molecule has 0 amide bonds. The minimum Gasteiger partial charge on any atom is -0.480 e. The Morgan fingerprint density at radius 1 is 1.39 bits per heavy atom. The Morgan fingerprint density at radius 3 is 2.57 bits per heavy atom. The lowest BCUT2D eigenvalue weighted by atomic mass is 9.76. The number of methoxy groups -OCH3 is 1. The quantitative estimate of drug-likeness (QED) is 0.642. The molecule has 1 aromatic heterocycles. The molecule has 9 heteroatoms. The first-order valence-corrected chi connectivity index (χ1v) is 9.10. The lowest BCUT2D eigenvalue weighted by molar-refractivity contribution is 0.00428. The van der Waals surface area contributed by atoms with Gasteiger partial charge in [-0.2, -0.15) is 0 Å². The van der Waals surface area contributed by atoms with Crippen LogP contribution in [-0.2, 0) is 19.3 Å². The Morgan fingerprint density at radius 2 is 2.09 bits per heavy atom. The Hall–Kier alpha value is -1.58. The van der Waals surface area contributed by atoms with Crippen molar-refractivity contribution in [3.63, 3.8) is 0 Å². The van der Waals surface area contributed by atoms with E-state index in [0.717, 1.165) is 12.7 Å². The minimum absolute atomic E-state index is 0.190. The molecule has 0 radical (unpaired) electrons. The van der Waals surface area contributed by atoms with Crippen LogP contribution in [0.2, 0.25) is 0 Å². The summed E-state index contributed by atoms with van der Waals surface area (Å²) in [6.07, 6.45) is 7.46. The highest BCUT2D eigenvalue weighted by molar-refractivity contribution is 7.92. The van der Waals surface area contributed by atoms with Gasteiger partial charge in [-0.3, -0.25) is 4.72 Å². The molecule has 2 aliphatic rings. The molecule has 1 N–H and O–H groups in total. The second-order valence-electron chi connectivity index (χ2n) is 6.27. The summed E-state index contributed by atoms with van der Waals surface area (Å²) in [5, 5.41) is 0. The van der Waals surface area contributed by atoms with Gasteiger partial charge in [-0.25, -0.2) is 13.4 Å². The van der Waals surface area contributed by atoms with Gasteiger partial charge in [-0.15, -0.1) is 0 Å². The molecule has 3 rings (SSSR count). The SMILES string of the molecule is COc1ncc(B2OC(C)(C)C3(C=CC3)O2)cc1NS(C)(=O)=O. The average molecular weight is 338 g/mol. The average Bonchev–Trinajstić information content (AvgIpc) is 2.68. The van der Waals surface area contributed by atoms with Crippen LogP contribution in [0.15, 0.2) is 24.4 Å². The van der Waals surface area contributed by atoms with Gasteiger partial charge in [-0.1, -0.05) is 12.2 Å². The Balaban J connectivity index is 1.92. The fourth-order valence-corrected chi connectivity index (χ4v) is 3.30. The number of hydrogen-bond acceptors (Lipinski definition) is 6. The smallest absolute Gasteiger partial charge is 0.480 e. The van der Waals surface area contributed by atoms with Gasteiger partial charge in [0, 0.05) is 11.7 Å². The zero-order chi connectivity index (χ0) is 16.9. The zero-order valence-corrected chi connectivity index (χ0v) is 14.3. The molecule has 23 heavy (non-hydrogen) atoms. The van der Waals surface area contributed by atoms with Gasteiger partial charge < -0.3 is 14.0 Å². The number of sulfonamides is 1. The van der Waals surface area contributed by atoms with Crippen LogP contribution in [0.25, 0.3) is 0 Å². The van der Waals surface area contributed by atoms with E-state index in [1.807, 2.05) is 26.0 Å². The Labute approximate surface area is 136 Å². The highest BCUT2D eigenvalue weighted by atomic mass is 32.2. The topological polar surface area (TPSA) is 86.8 Å². The van der Waals surface area contributed by atoms with Crippen molar-refractivity contribution in [3.05, 3.63) is 24.4 Å². The highest BCUT2D eigenvalue weighted by Gasteiger charge is 2.58. The summed E-state index contributed by atoms with van der Waals surface area (Å²) in [6, 6.07) is 1.62. The Kier molecular flexibility index (Phi) is 3.70. The van der Waals surface area contributed by atoms with Crippen molar-refractivity contribution in [2.24, 2.45) is 0 Å². The van der Waals surface area contributed by atoms with Crippen molar-refractivity contribution in [2.75, 3.05) is 18.1 Å². The highest BCUT2D eigenvalue weighted by Crippen LogP contribution is 2.45. The number of aromatic nitrogens is 1. The standard InChI is InChI=1S/C14H19BN2O5S/c1-13(2)14(6-5-7-14)22-15(21-13)10-8-11(17-23(4,18)19)12(20-3)16-9-10/h5-6,8-9,17H,7H2,1-4H3. The van der Waals surface area contributed by atoms with Gasteiger partial charge in [0.15, 0.2) is 0 Å². The van der Waals surface area contributed by atoms with Crippen LogP contribution in [0.4, 0.5) is 5.69 Å². The zero-order valence-electron chi connectivity index (χ0n) is 13.5. The lowest BCUT2D eigenvalue weighted by Crippen LogP contribution is -2.49. The van der Waals surface area contributed by atoms with E-state index in [-0.39, 0.29) is 11.6 Å². The number of hydrogen-bond donors (Lipinski definition) is 1. The van der Waals surface area contributed by atoms with Crippen molar-refractivity contribution in [1.29, 1.82) is 0 Å². The van der Waals surface area contributed by atoms with E-state index in [1.54, 1.807) is 12.3 Å². The number of ether oxygens (including phenoxy) is 1. The normalized spacial score (nSPS) is 25.5. The summed E-state index contributed by atoms with van der Waals surface area (Å²) in [5.74, 6) is 0.190. The van der Waals surface area contributed by atoms with E-state index in [1.165, 1.54) is 7.11 Å². The van der Waals surface area contributed by atoms with Crippen LogP contribution < -0.4 is 14.9 Å². The maximum Gasteiger partial charge on any atom is 0.496 e. The van der Waals surface area contributed by atoms with E-state index in [9.17, 15) is 8.42 Å². The number of anilines is 1. The summed E-state index contributed by atoms with van der Waals surface area (Å²) in [5.41, 5.74) is -0.0384. The third kappa shape index (κ3) is 2.84. The molecule has 1 saturated heterocycles. The minimum atomic E-state index is -3.45. The molecule has 1 fully saturated rings. The summed E-state index contributed by atoms with van der Waals surface area (Å²) >= 11 is 0.